The number of para-hydroxylation sites is 4. The molecule has 0 aliphatic rings. The van der Waals surface area contributed by atoms with Crippen molar-refractivity contribution in [3.8, 4) is 11.1 Å². The highest BCUT2D eigenvalue weighted by Crippen LogP contribution is 2.48. The molecule has 0 bridgehead atoms. The van der Waals surface area contributed by atoms with E-state index in [1.807, 2.05) is 0 Å². The molecule has 0 aliphatic heterocycles. The van der Waals surface area contributed by atoms with Crippen LogP contribution < -0.4 is 9.80 Å². The molecule has 306 valence electrons. The first-order valence-corrected chi connectivity index (χ1v) is 22.0. The van der Waals surface area contributed by atoms with E-state index in [4.69, 9.17) is 8.83 Å². The van der Waals surface area contributed by atoms with Crippen LogP contribution in [0.1, 0.15) is 22.3 Å². The predicted octanol–water partition coefficient (Wildman–Crippen LogP) is 17.6. The Morgan fingerprint density at radius 2 is 0.781 bits per heavy atom. The maximum atomic E-state index is 7.05. The molecule has 0 fully saturated rings. The van der Waals surface area contributed by atoms with Crippen LogP contribution in [0.15, 0.2) is 203 Å². The standard InChI is InChI=1S/C60H44N2O2/c1-37-16-14-17-38(2)58(37)61(46-22-10-6-11-23-46)48-28-26-42-32-51-53(34-44(42)30-48)63-55-36-50(41-20-8-5-9-21-41)60-57(56(51)55)52-33-43-27-29-49(31-45(43)35-54(52)64-60)62(47-24-12-7-13-25-47)59-39(3)18-15-19-40(59)4/h5-36H,1-4H3. The van der Waals surface area contributed by atoms with Crippen LogP contribution in [0.3, 0.4) is 0 Å². The van der Waals surface area contributed by atoms with Crippen LogP contribution in [0.5, 0.6) is 0 Å². The Morgan fingerprint density at radius 3 is 1.28 bits per heavy atom. The molecule has 0 N–H and O–H groups in total. The molecule has 0 amide bonds. The van der Waals surface area contributed by atoms with Crippen LogP contribution in [0, 0.1) is 27.7 Å². The number of fused-ring (bicyclic) bond motifs is 9. The van der Waals surface area contributed by atoms with E-state index in [2.05, 4.69) is 232 Å². The van der Waals surface area contributed by atoms with E-state index in [0.717, 1.165) is 99.3 Å². The largest absolute Gasteiger partial charge is 0.456 e. The molecule has 12 aromatic rings. The van der Waals surface area contributed by atoms with E-state index >= 15 is 0 Å². The normalized spacial score (nSPS) is 11.8. The summed E-state index contributed by atoms with van der Waals surface area (Å²) < 4.78 is 14.0. The molecule has 2 aromatic heterocycles. The predicted molar refractivity (Wildman–Crippen MR) is 270 cm³/mol. The van der Waals surface area contributed by atoms with Gasteiger partial charge in [-0.05, 0) is 156 Å². The van der Waals surface area contributed by atoms with E-state index in [1.54, 1.807) is 0 Å². The number of hydrogen-bond acceptors (Lipinski definition) is 4. The zero-order valence-electron chi connectivity index (χ0n) is 36.2. The van der Waals surface area contributed by atoms with Crippen molar-refractivity contribution in [2.75, 3.05) is 9.80 Å². The van der Waals surface area contributed by atoms with Gasteiger partial charge in [0.1, 0.15) is 22.3 Å². The molecule has 0 aliphatic carbocycles. The fourth-order valence-corrected chi connectivity index (χ4v) is 10.1. The van der Waals surface area contributed by atoms with Gasteiger partial charge in [-0.3, -0.25) is 0 Å². The lowest BCUT2D eigenvalue weighted by molar-refractivity contribution is 0.664. The van der Waals surface area contributed by atoms with Crippen LogP contribution >= 0.6 is 0 Å². The van der Waals surface area contributed by atoms with Crippen molar-refractivity contribution < 1.29 is 8.83 Å². The summed E-state index contributed by atoms with van der Waals surface area (Å²) in [6.45, 7) is 8.76. The van der Waals surface area contributed by atoms with E-state index in [1.165, 1.54) is 33.6 Å². The summed E-state index contributed by atoms with van der Waals surface area (Å²) >= 11 is 0. The minimum atomic E-state index is 0.837. The van der Waals surface area contributed by atoms with Crippen LogP contribution in [0.2, 0.25) is 0 Å². The van der Waals surface area contributed by atoms with Gasteiger partial charge in [-0.1, -0.05) is 115 Å². The van der Waals surface area contributed by atoms with E-state index in [9.17, 15) is 0 Å². The molecule has 4 heteroatoms. The van der Waals surface area contributed by atoms with Crippen molar-refractivity contribution in [1.29, 1.82) is 0 Å². The summed E-state index contributed by atoms with van der Waals surface area (Å²) in [5.41, 5.74) is 17.2. The average Bonchev–Trinajstić information content (AvgIpc) is 3.87. The number of nitrogens with zero attached hydrogens (tertiary/aromatic N) is 2. The lowest BCUT2D eigenvalue weighted by Gasteiger charge is -2.29. The van der Waals surface area contributed by atoms with Gasteiger partial charge in [0, 0.05) is 49.9 Å². The zero-order chi connectivity index (χ0) is 43.1. The SMILES string of the molecule is Cc1cccc(C)c1N(c1ccccc1)c1ccc2cc3c(cc2c1)oc1cc(-c2ccccc2)c2oc4cc5cc(N(c6ccccc6)c6c(C)cccc6C)ccc5cc4c2c13. The van der Waals surface area contributed by atoms with E-state index in [-0.39, 0.29) is 0 Å². The minimum absolute atomic E-state index is 0.837. The van der Waals surface area contributed by atoms with Gasteiger partial charge >= 0.3 is 0 Å². The third-order valence-electron chi connectivity index (χ3n) is 13.0. The smallest absolute Gasteiger partial charge is 0.144 e. The van der Waals surface area contributed by atoms with Gasteiger partial charge in [-0.2, -0.15) is 0 Å². The first kappa shape index (κ1) is 37.7. The summed E-state index contributed by atoms with van der Waals surface area (Å²) in [6, 6.07) is 69.6. The van der Waals surface area contributed by atoms with E-state index in [0.29, 0.717) is 0 Å². The molecule has 64 heavy (non-hydrogen) atoms. The summed E-state index contributed by atoms with van der Waals surface area (Å²) in [4.78, 5) is 4.74. The topological polar surface area (TPSA) is 32.8 Å². The second-order valence-corrected chi connectivity index (χ2v) is 17.2. The first-order chi connectivity index (χ1) is 31.4. The second kappa shape index (κ2) is 14.8. The molecule has 0 unspecified atom stereocenters. The Labute approximate surface area is 371 Å². The Morgan fingerprint density at radius 1 is 0.328 bits per heavy atom. The Hall–Kier alpha value is -8.08. The molecule has 12 rings (SSSR count). The summed E-state index contributed by atoms with van der Waals surface area (Å²) in [7, 11) is 0. The Balaban J connectivity index is 1.07. The molecular formula is C60H44N2O2. The van der Waals surface area contributed by atoms with Crippen LogP contribution in [0.4, 0.5) is 34.1 Å². The highest BCUT2D eigenvalue weighted by Gasteiger charge is 2.24. The van der Waals surface area contributed by atoms with Gasteiger partial charge in [0.25, 0.3) is 0 Å². The lowest BCUT2D eigenvalue weighted by atomic mass is 9.96. The molecule has 0 saturated heterocycles. The number of aryl methyl sites for hydroxylation is 4. The van der Waals surface area contributed by atoms with Crippen molar-refractivity contribution in [2.24, 2.45) is 0 Å². The maximum absolute atomic E-state index is 7.05. The van der Waals surface area contributed by atoms with Gasteiger partial charge in [-0.25, -0.2) is 0 Å². The first-order valence-electron chi connectivity index (χ1n) is 22.0. The highest BCUT2D eigenvalue weighted by atomic mass is 16.3. The molecule has 0 saturated carbocycles. The van der Waals surface area contributed by atoms with Crippen molar-refractivity contribution >= 4 is 99.5 Å². The molecule has 0 atom stereocenters. The highest BCUT2D eigenvalue weighted by molar-refractivity contribution is 6.30. The van der Waals surface area contributed by atoms with Gasteiger partial charge < -0.3 is 18.6 Å². The molecular weight excluding hydrogens is 781 g/mol. The molecule has 4 nitrogen and oxygen atoms in total. The fourth-order valence-electron chi connectivity index (χ4n) is 10.1. The third-order valence-corrected chi connectivity index (χ3v) is 13.0. The third kappa shape index (κ3) is 6.06. The average molecular weight is 825 g/mol. The molecule has 0 spiro atoms. The zero-order valence-corrected chi connectivity index (χ0v) is 36.2. The quantitative estimate of drug-likeness (QED) is 0.160. The second-order valence-electron chi connectivity index (χ2n) is 17.2. The molecule has 2 heterocycles. The number of furan rings is 2. The lowest BCUT2D eigenvalue weighted by Crippen LogP contribution is -2.12. The van der Waals surface area contributed by atoms with Crippen molar-refractivity contribution in [2.45, 2.75) is 27.7 Å². The van der Waals surface area contributed by atoms with E-state index < -0.39 is 0 Å². The Bertz CT molecular complexity index is 3730. The number of hydrogen-bond donors (Lipinski definition) is 0. The van der Waals surface area contributed by atoms with Gasteiger partial charge in [0.05, 0.1) is 11.4 Å². The monoisotopic (exact) mass is 824 g/mol. The fraction of sp³-hybridized carbons (Fsp3) is 0.0667. The van der Waals surface area contributed by atoms with Crippen molar-refractivity contribution in [3.63, 3.8) is 0 Å². The van der Waals surface area contributed by atoms with Gasteiger partial charge in [0.2, 0.25) is 0 Å². The summed E-state index contributed by atoms with van der Waals surface area (Å²) in [5, 5.41) is 8.78. The summed E-state index contributed by atoms with van der Waals surface area (Å²) in [6.07, 6.45) is 0. The number of rotatable bonds is 7. The Kier molecular flexibility index (Phi) is 8.70. The molecule has 0 radical (unpaired) electrons. The van der Waals surface area contributed by atoms with Gasteiger partial charge in [0.15, 0.2) is 0 Å². The van der Waals surface area contributed by atoms with Crippen molar-refractivity contribution in [3.05, 3.63) is 216 Å². The van der Waals surface area contributed by atoms with Crippen LogP contribution in [-0.4, -0.2) is 0 Å². The number of benzene rings is 10. The van der Waals surface area contributed by atoms with Crippen LogP contribution in [-0.2, 0) is 0 Å². The van der Waals surface area contributed by atoms with Crippen LogP contribution in [0.25, 0.3) is 76.5 Å². The maximum Gasteiger partial charge on any atom is 0.144 e. The number of anilines is 6. The van der Waals surface area contributed by atoms with Gasteiger partial charge in [-0.15, -0.1) is 0 Å². The molecule has 10 aromatic carbocycles. The summed E-state index contributed by atoms with van der Waals surface area (Å²) in [5.74, 6) is 0. The minimum Gasteiger partial charge on any atom is -0.456 e. The van der Waals surface area contributed by atoms with Crippen molar-refractivity contribution in [1.82, 2.24) is 0 Å².